The molecule has 1 aromatic rings. The first-order valence-electron chi connectivity index (χ1n) is 9.50. The molecule has 0 atom stereocenters. The predicted octanol–water partition coefficient (Wildman–Crippen LogP) is 3.00. The zero-order valence-electron chi connectivity index (χ0n) is 16.0. The summed E-state index contributed by atoms with van der Waals surface area (Å²) in [5.41, 5.74) is 0.449. The molecule has 0 saturated heterocycles. The average Bonchev–Trinajstić information content (AvgIpc) is 2.67. The molecule has 6 nitrogen and oxygen atoms in total. The molecule has 2 rings (SSSR count). The smallest absolute Gasteiger partial charge is 0.251 e. The lowest BCUT2D eigenvalue weighted by Crippen LogP contribution is -2.44. The largest absolute Gasteiger partial charge is 0.490 e. The normalized spacial score (nSPS) is 14.6. The van der Waals surface area contributed by atoms with Gasteiger partial charge in [0.1, 0.15) is 0 Å². The summed E-state index contributed by atoms with van der Waals surface area (Å²) < 4.78 is 11.0. The van der Waals surface area contributed by atoms with Gasteiger partial charge in [-0.15, -0.1) is 0 Å². The van der Waals surface area contributed by atoms with Crippen molar-refractivity contribution in [3.8, 4) is 11.5 Å². The van der Waals surface area contributed by atoms with Crippen LogP contribution in [0.25, 0.3) is 0 Å². The number of ether oxygens (including phenoxy) is 2. The number of hydrogen-bond acceptors (Lipinski definition) is 4. The third-order valence-corrected chi connectivity index (χ3v) is 4.72. The number of nitrogens with one attached hydrogen (secondary N) is 1. The molecule has 0 bridgehead atoms. The molecule has 0 unspecified atom stereocenters. The molecule has 2 amide bonds. The number of carbonyl (C=O) groups is 2. The maximum atomic E-state index is 12.4. The molecule has 1 N–H and O–H groups in total. The van der Waals surface area contributed by atoms with Crippen LogP contribution >= 0.6 is 0 Å². The average molecular weight is 362 g/mol. The maximum absolute atomic E-state index is 12.4. The first-order chi connectivity index (χ1) is 12.6. The van der Waals surface area contributed by atoms with Gasteiger partial charge in [0.05, 0.1) is 19.8 Å². The van der Waals surface area contributed by atoms with E-state index in [9.17, 15) is 9.59 Å². The molecular weight excluding hydrogens is 332 g/mol. The molecule has 1 fully saturated rings. The topological polar surface area (TPSA) is 67.9 Å². The van der Waals surface area contributed by atoms with E-state index >= 15 is 0 Å². The van der Waals surface area contributed by atoms with Crippen LogP contribution in [0.1, 0.15) is 56.3 Å². The SMILES string of the molecule is CCOc1ccc(C(=O)NCC(=O)N(C)C2CCCCC2)cc1OCC. The van der Waals surface area contributed by atoms with Crippen LogP contribution in [0.4, 0.5) is 0 Å². The van der Waals surface area contributed by atoms with E-state index < -0.39 is 0 Å². The second-order valence-electron chi connectivity index (χ2n) is 6.51. The lowest BCUT2D eigenvalue weighted by Gasteiger charge is -2.31. The van der Waals surface area contributed by atoms with Crippen LogP contribution in [0.3, 0.4) is 0 Å². The van der Waals surface area contributed by atoms with Gasteiger partial charge in [0.2, 0.25) is 5.91 Å². The second kappa shape index (κ2) is 10.0. The lowest BCUT2D eigenvalue weighted by molar-refractivity contribution is -0.131. The first-order valence-corrected chi connectivity index (χ1v) is 9.50. The minimum absolute atomic E-state index is 0.00299. The number of benzene rings is 1. The van der Waals surface area contributed by atoms with Crippen molar-refractivity contribution < 1.29 is 19.1 Å². The van der Waals surface area contributed by atoms with Gasteiger partial charge in [-0.2, -0.15) is 0 Å². The molecule has 1 saturated carbocycles. The van der Waals surface area contributed by atoms with Crippen molar-refractivity contribution in [3.63, 3.8) is 0 Å². The lowest BCUT2D eigenvalue weighted by atomic mass is 9.94. The summed E-state index contributed by atoms with van der Waals surface area (Å²) in [5.74, 6) is 0.798. The standard InChI is InChI=1S/C20H30N2O4/c1-4-25-17-12-11-15(13-18(17)26-5-2)20(24)21-14-19(23)22(3)16-9-7-6-8-10-16/h11-13,16H,4-10,14H2,1-3H3,(H,21,24). The zero-order chi connectivity index (χ0) is 18.9. The van der Waals surface area contributed by atoms with Crippen LogP contribution in [0, 0.1) is 0 Å². The number of likely N-dealkylation sites (N-methyl/N-ethyl adjacent to an activating group) is 1. The summed E-state index contributed by atoms with van der Waals surface area (Å²) >= 11 is 0. The highest BCUT2D eigenvalue weighted by Crippen LogP contribution is 2.28. The van der Waals surface area contributed by atoms with E-state index in [1.165, 1.54) is 19.3 Å². The number of amides is 2. The molecule has 0 aliphatic heterocycles. The van der Waals surface area contributed by atoms with E-state index in [1.54, 1.807) is 23.1 Å². The molecule has 1 aliphatic carbocycles. The Hall–Kier alpha value is -2.24. The van der Waals surface area contributed by atoms with E-state index in [-0.39, 0.29) is 18.4 Å². The van der Waals surface area contributed by atoms with Crippen LogP contribution < -0.4 is 14.8 Å². The molecule has 1 aliphatic rings. The van der Waals surface area contributed by atoms with E-state index in [0.29, 0.717) is 36.3 Å². The quantitative estimate of drug-likeness (QED) is 0.772. The van der Waals surface area contributed by atoms with E-state index in [4.69, 9.17) is 9.47 Å². The molecule has 6 heteroatoms. The van der Waals surface area contributed by atoms with Crippen LogP contribution in [-0.4, -0.2) is 49.6 Å². The third kappa shape index (κ3) is 5.38. The Labute approximate surface area is 155 Å². The van der Waals surface area contributed by atoms with Gasteiger partial charge < -0.3 is 19.7 Å². The molecule has 1 aromatic carbocycles. The molecular formula is C20H30N2O4. The van der Waals surface area contributed by atoms with Gasteiger partial charge in [-0.05, 0) is 44.9 Å². The summed E-state index contributed by atoms with van der Waals surface area (Å²) in [6.45, 7) is 4.78. The number of nitrogens with zero attached hydrogens (tertiary/aromatic N) is 1. The Balaban J connectivity index is 1.94. The van der Waals surface area contributed by atoms with Crippen molar-refractivity contribution in [1.82, 2.24) is 10.2 Å². The Morgan fingerprint density at radius 2 is 1.73 bits per heavy atom. The van der Waals surface area contributed by atoms with E-state index in [2.05, 4.69) is 5.32 Å². The number of carbonyl (C=O) groups excluding carboxylic acids is 2. The van der Waals surface area contributed by atoms with Crippen molar-refractivity contribution in [2.24, 2.45) is 0 Å². The van der Waals surface area contributed by atoms with Gasteiger partial charge >= 0.3 is 0 Å². The summed E-state index contributed by atoms with van der Waals surface area (Å²) in [6, 6.07) is 5.35. The fraction of sp³-hybridized carbons (Fsp3) is 0.600. The highest BCUT2D eigenvalue weighted by Gasteiger charge is 2.22. The van der Waals surface area contributed by atoms with Crippen molar-refractivity contribution >= 4 is 11.8 Å². The Morgan fingerprint density at radius 1 is 1.08 bits per heavy atom. The van der Waals surface area contributed by atoms with Gasteiger partial charge in [0, 0.05) is 18.7 Å². The second-order valence-corrected chi connectivity index (χ2v) is 6.51. The van der Waals surface area contributed by atoms with Crippen LogP contribution in [0.2, 0.25) is 0 Å². The minimum Gasteiger partial charge on any atom is -0.490 e. The van der Waals surface area contributed by atoms with E-state index in [1.807, 2.05) is 20.9 Å². The Kier molecular flexibility index (Phi) is 7.75. The summed E-state index contributed by atoms with van der Waals surface area (Å²) in [6.07, 6.45) is 5.68. The molecule has 0 spiro atoms. The number of hydrogen-bond donors (Lipinski definition) is 1. The summed E-state index contributed by atoms with van der Waals surface area (Å²) in [7, 11) is 1.83. The van der Waals surface area contributed by atoms with Crippen molar-refractivity contribution in [2.45, 2.75) is 52.0 Å². The molecule has 26 heavy (non-hydrogen) atoms. The van der Waals surface area contributed by atoms with Crippen LogP contribution in [0.5, 0.6) is 11.5 Å². The zero-order valence-corrected chi connectivity index (χ0v) is 16.0. The van der Waals surface area contributed by atoms with Crippen LogP contribution in [0.15, 0.2) is 18.2 Å². The Bertz CT molecular complexity index is 612. The van der Waals surface area contributed by atoms with E-state index in [0.717, 1.165) is 12.8 Å². The van der Waals surface area contributed by atoms with Crippen LogP contribution in [-0.2, 0) is 4.79 Å². The molecule has 0 aromatic heterocycles. The fourth-order valence-corrected chi connectivity index (χ4v) is 3.25. The molecule has 0 radical (unpaired) electrons. The third-order valence-electron chi connectivity index (χ3n) is 4.72. The minimum atomic E-state index is -0.292. The van der Waals surface area contributed by atoms with Gasteiger partial charge in [0.15, 0.2) is 11.5 Å². The maximum Gasteiger partial charge on any atom is 0.251 e. The van der Waals surface area contributed by atoms with Gasteiger partial charge in [-0.3, -0.25) is 9.59 Å². The molecule has 144 valence electrons. The monoisotopic (exact) mass is 362 g/mol. The summed E-state index contributed by atoms with van der Waals surface area (Å²) in [4.78, 5) is 26.5. The first kappa shape index (κ1) is 20.1. The highest BCUT2D eigenvalue weighted by atomic mass is 16.5. The highest BCUT2D eigenvalue weighted by molar-refractivity contribution is 5.97. The van der Waals surface area contributed by atoms with Gasteiger partial charge in [-0.1, -0.05) is 19.3 Å². The van der Waals surface area contributed by atoms with Gasteiger partial charge in [0.25, 0.3) is 5.91 Å². The molecule has 0 heterocycles. The van der Waals surface area contributed by atoms with Crippen molar-refractivity contribution in [2.75, 3.05) is 26.8 Å². The van der Waals surface area contributed by atoms with Gasteiger partial charge in [-0.25, -0.2) is 0 Å². The number of rotatable bonds is 8. The summed E-state index contributed by atoms with van der Waals surface area (Å²) in [5, 5.41) is 2.71. The van der Waals surface area contributed by atoms with Crippen molar-refractivity contribution in [3.05, 3.63) is 23.8 Å². The Morgan fingerprint density at radius 3 is 2.38 bits per heavy atom. The fourth-order valence-electron chi connectivity index (χ4n) is 3.25. The van der Waals surface area contributed by atoms with Crippen molar-refractivity contribution in [1.29, 1.82) is 0 Å². The predicted molar refractivity (Wildman–Crippen MR) is 101 cm³/mol.